The normalized spacial score (nSPS) is 22.4. The number of pyridine rings is 3. The van der Waals surface area contributed by atoms with Gasteiger partial charge in [0.1, 0.15) is 19.0 Å². The maximum Gasteiger partial charge on any atom is 0.251 e. The summed E-state index contributed by atoms with van der Waals surface area (Å²) in [6.07, 6.45) is 4.41. The van der Waals surface area contributed by atoms with E-state index in [9.17, 15) is 9.18 Å². The van der Waals surface area contributed by atoms with Crippen molar-refractivity contribution in [2.24, 2.45) is 0 Å². The predicted molar refractivity (Wildman–Crippen MR) is 120 cm³/mol. The molecule has 0 amide bonds. The highest BCUT2D eigenvalue weighted by Crippen LogP contribution is 2.41. The summed E-state index contributed by atoms with van der Waals surface area (Å²) in [6.45, 7) is 2.89. The van der Waals surface area contributed by atoms with E-state index in [1.165, 1.54) is 16.7 Å². The van der Waals surface area contributed by atoms with Crippen molar-refractivity contribution in [1.29, 1.82) is 0 Å². The van der Waals surface area contributed by atoms with Crippen LogP contribution in [0, 0.1) is 5.82 Å². The van der Waals surface area contributed by atoms with E-state index in [4.69, 9.17) is 9.47 Å². The van der Waals surface area contributed by atoms with Crippen LogP contribution in [0.5, 0.6) is 11.5 Å². The third-order valence-electron chi connectivity index (χ3n) is 6.93. The summed E-state index contributed by atoms with van der Waals surface area (Å²) >= 11 is 0. The Labute approximate surface area is 194 Å². The number of hydrogen-bond acceptors (Lipinski definition) is 7. The molecule has 3 aliphatic rings. The highest BCUT2D eigenvalue weighted by molar-refractivity contribution is 5.81. The van der Waals surface area contributed by atoms with Crippen molar-refractivity contribution in [3.63, 3.8) is 0 Å². The first-order valence-corrected chi connectivity index (χ1v) is 11.6. The molecule has 178 valence electrons. The quantitative estimate of drug-likeness (QED) is 0.613. The Hall–Kier alpha value is -3.11. The molecule has 34 heavy (non-hydrogen) atoms. The van der Waals surface area contributed by atoms with E-state index in [1.54, 1.807) is 6.20 Å². The topological polar surface area (TPSA) is 81.5 Å². The van der Waals surface area contributed by atoms with Crippen molar-refractivity contribution >= 4 is 11.0 Å². The maximum absolute atomic E-state index is 16.2. The molecule has 0 radical (unpaired) electrons. The summed E-state index contributed by atoms with van der Waals surface area (Å²) in [4.78, 5) is 22.8. The molecule has 0 aromatic carbocycles. The summed E-state index contributed by atoms with van der Waals surface area (Å²) in [5.41, 5.74) is -0.754. The Morgan fingerprint density at radius 1 is 1.12 bits per heavy atom. The fraction of sp³-hybridized carbons (Fsp3) is 0.458. The van der Waals surface area contributed by atoms with Gasteiger partial charge in [-0.05, 0) is 32.0 Å². The third kappa shape index (κ3) is 3.70. The van der Waals surface area contributed by atoms with Crippen molar-refractivity contribution in [3.8, 4) is 11.5 Å². The maximum atomic E-state index is 16.2. The van der Waals surface area contributed by atoms with Crippen LogP contribution in [0.15, 0.2) is 35.4 Å². The number of halogens is 2. The van der Waals surface area contributed by atoms with Gasteiger partial charge >= 0.3 is 0 Å². The molecule has 0 saturated carbocycles. The van der Waals surface area contributed by atoms with Crippen molar-refractivity contribution < 1.29 is 18.3 Å². The molecule has 3 aromatic heterocycles. The fourth-order valence-corrected chi connectivity index (χ4v) is 5.27. The van der Waals surface area contributed by atoms with Gasteiger partial charge in [0.2, 0.25) is 0 Å². The van der Waals surface area contributed by atoms with Crippen LogP contribution in [0.3, 0.4) is 0 Å². The molecule has 3 aliphatic heterocycles. The molecule has 0 unspecified atom stereocenters. The Kier molecular flexibility index (Phi) is 5.22. The molecule has 0 aliphatic carbocycles. The third-order valence-corrected chi connectivity index (χ3v) is 6.93. The van der Waals surface area contributed by atoms with Crippen LogP contribution in [0.4, 0.5) is 8.78 Å². The zero-order chi connectivity index (χ0) is 23.3. The molecule has 0 bridgehead atoms. The van der Waals surface area contributed by atoms with Gasteiger partial charge in [-0.2, -0.15) is 0 Å². The summed E-state index contributed by atoms with van der Waals surface area (Å²) in [5, 5.41) is 3.52. The monoisotopic (exact) mass is 469 g/mol. The molecule has 1 saturated heterocycles. The lowest BCUT2D eigenvalue weighted by molar-refractivity contribution is 0.0636. The number of hydrogen-bond donors (Lipinski definition) is 1. The Balaban J connectivity index is 1.09. The van der Waals surface area contributed by atoms with Gasteiger partial charge in [0, 0.05) is 31.3 Å². The van der Waals surface area contributed by atoms with Gasteiger partial charge in [0.15, 0.2) is 17.2 Å². The van der Waals surface area contributed by atoms with E-state index in [0.717, 1.165) is 30.5 Å². The fourth-order valence-electron chi connectivity index (χ4n) is 5.27. The van der Waals surface area contributed by atoms with Crippen LogP contribution in [-0.2, 0) is 18.8 Å². The summed E-state index contributed by atoms with van der Waals surface area (Å²) in [6, 6.07) is 5.05. The van der Waals surface area contributed by atoms with Crippen LogP contribution in [-0.4, -0.2) is 58.3 Å². The average Bonchev–Trinajstić information content (AvgIpc) is 3.17. The van der Waals surface area contributed by atoms with E-state index >= 15 is 4.39 Å². The number of aromatic nitrogens is 3. The van der Waals surface area contributed by atoms with Crippen molar-refractivity contribution in [2.45, 2.75) is 37.6 Å². The van der Waals surface area contributed by atoms with E-state index in [-0.39, 0.29) is 35.8 Å². The van der Waals surface area contributed by atoms with Gasteiger partial charge in [-0.3, -0.25) is 19.7 Å². The smallest absolute Gasteiger partial charge is 0.251 e. The Morgan fingerprint density at radius 2 is 1.91 bits per heavy atom. The molecule has 8 nitrogen and oxygen atoms in total. The molecule has 10 heteroatoms. The average molecular weight is 469 g/mol. The molecule has 1 atom stereocenters. The first-order chi connectivity index (χ1) is 16.5. The Morgan fingerprint density at radius 3 is 2.74 bits per heavy atom. The second-order valence-electron chi connectivity index (χ2n) is 9.19. The van der Waals surface area contributed by atoms with Crippen LogP contribution in [0.25, 0.3) is 11.0 Å². The molecule has 0 spiro atoms. The minimum atomic E-state index is -1.96. The van der Waals surface area contributed by atoms with Crippen LogP contribution in [0.2, 0.25) is 0 Å². The summed E-state index contributed by atoms with van der Waals surface area (Å²) < 4.78 is 43.3. The van der Waals surface area contributed by atoms with Gasteiger partial charge in [0.25, 0.3) is 5.56 Å². The van der Waals surface area contributed by atoms with Crippen LogP contribution >= 0.6 is 0 Å². The number of likely N-dealkylation sites (tertiary alicyclic amines) is 1. The van der Waals surface area contributed by atoms with Crippen molar-refractivity contribution in [3.05, 3.63) is 58.0 Å². The second-order valence-corrected chi connectivity index (χ2v) is 9.19. The second kappa shape index (κ2) is 8.28. The SMILES string of the molecule is O=c1ccc2ncc(F)c3c2n1C[C@]3(F)CN1CCC(NCc2cc3c(cn2)OCCO3)CC1. The van der Waals surface area contributed by atoms with Crippen LogP contribution < -0.4 is 20.3 Å². The van der Waals surface area contributed by atoms with Gasteiger partial charge in [-0.25, -0.2) is 8.78 Å². The standard InChI is InChI=1S/C24H25F2N5O3/c25-17-11-29-18-1-2-21(32)31-14-24(26,22(17)23(18)31)13-30-5-3-15(4-6-30)27-10-16-9-19-20(12-28-16)34-8-7-33-19/h1-2,9,11-12,15,27H,3-8,10,13-14H2/t24-/m1/s1. The summed E-state index contributed by atoms with van der Waals surface area (Å²) in [7, 11) is 0. The first-order valence-electron chi connectivity index (χ1n) is 11.6. The summed E-state index contributed by atoms with van der Waals surface area (Å²) in [5.74, 6) is 0.688. The lowest BCUT2D eigenvalue weighted by atomic mass is 9.95. The van der Waals surface area contributed by atoms with Crippen molar-refractivity contribution in [2.75, 3.05) is 32.8 Å². The zero-order valence-electron chi connectivity index (χ0n) is 18.6. The van der Waals surface area contributed by atoms with E-state index < -0.39 is 11.5 Å². The lowest BCUT2D eigenvalue weighted by Crippen LogP contribution is -2.47. The number of piperidine rings is 1. The molecular weight excluding hydrogens is 444 g/mol. The van der Waals surface area contributed by atoms with Gasteiger partial charge < -0.3 is 19.4 Å². The molecule has 1 N–H and O–H groups in total. The van der Waals surface area contributed by atoms with E-state index in [2.05, 4.69) is 15.3 Å². The predicted octanol–water partition coefficient (Wildman–Crippen LogP) is 2.13. The lowest BCUT2D eigenvalue weighted by Gasteiger charge is -2.36. The number of fused-ring (bicyclic) bond motifs is 1. The number of nitrogens with one attached hydrogen (secondary N) is 1. The first kappa shape index (κ1) is 21.4. The number of ether oxygens (including phenoxy) is 2. The molecule has 3 aromatic rings. The minimum Gasteiger partial charge on any atom is -0.486 e. The highest BCUT2D eigenvalue weighted by atomic mass is 19.1. The molecular formula is C24H25F2N5O3. The number of nitrogens with zero attached hydrogens (tertiary/aromatic N) is 4. The molecule has 6 heterocycles. The minimum absolute atomic E-state index is 0.0415. The van der Waals surface area contributed by atoms with E-state index in [0.29, 0.717) is 44.1 Å². The highest BCUT2D eigenvalue weighted by Gasteiger charge is 2.45. The van der Waals surface area contributed by atoms with Gasteiger partial charge in [-0.1, -0.05) is 0 Å². The number of alkyl halides is 1. The van der Waals surface area contributed by atoms with E-state index in [1.807, 2.05) is 11.0 Å². The Bertz CT molecular complexity index is 1310. The number of rotatable bonds is 5. The molecule has 1 fully saturated rings. The van der Waals surface area contributed by atoms with Gasteiger partial charge in [0.05, 0.1) is 41.2 Å². The zero-order valence-corrected chi connectivity index (χ0v) is 18.6. The van der Waals surface area contributed by atoms with Gasteiger partial charge in [-0.15, -0.1) is 0 Å². The van der Waals surface area contributed by atoms with Crippen molar-refractivity contribution in [1.82, 2.24) is 24.8 Å². The largest absolute Gasteiger partial charge is 0.486 e. The van der Waals surface area contributed by atoms with Crippen LogP contribution in [0.1, 0.15) is 24.1 Å². The molecule has 6 rings (SSSR count).